The number of nitro groups is 1. The van der Waals surface area contributed by atoms with Crippen molar-refractivity contribution in [3.8, 4) is 6.07 Å². The molecule has 0 saturated carbocycles. The van der Waals surface area contributed by atoms with Crippen molar-refractivity contribution in [2.45, 2.75) is 6.43 Å². The molecule has 0 radical (unpaired) electrons. The predicted molar refractivity (Wildman–Crippen MR) is 51.9 cm³/mol. The minimum atomic E-state index is -3.23. The fraction of sp³-hybridized carbons (Fsp3) is 0.222. The van der Waals surface area contributed by atoms with Crippen LogP contribution in [0.2, 0.25) is 0 Å². The van der Waals surface area contributed by atoms with Gasteiger partial charge in [0, 0.05) is 6.20 Å². The highest BCUT2D eigenvalue weighted by atomic mass is 19.3. The summed E-state index contributed by atoms with van der Waals surface area (Å²) >= 11 is 0. The van der Waals surface area contributed by atoms with E-state index in [1.807, 2.05) is 0 Å². The number of esters is 1. The van der Waals surface area contributed by atoms with E-state index in [9.17, 15) is 23.7 Å². The van der Waals surface area contributed by atoms with E-state index in [0.29, 0.717) is 6.20 Å². The molecule has 0 spiro atoms. The molecule has 0 aliphatic carbocycles. The number of carbonyl (C=O) groups is 1. The van der Waals surface area contributed by atoms with Crippen LogP contribution in [0.4, 0.5) is 14.5 Å². The largest absolute Gasteiger partial charge is 0.465 e. The lowest BCUT2D eigenvalue weighted by atomic mass is 10.1. The first-order valence-electron chi connectivity index (χ1n) is 4.37. The molecule has 0 unspecified atom stereocenters. The zero-order chi connectivity index (χ0) is 13.9. The normalized spacial score (nSPS) is 9.94. The number of rotatable bonds is 3. The molecule has 0 aliphatic heterocycles. The van der Waals surface area contributed by atoms with E-state index in [2.05, 4.69) is 9.72 Å². The Bertz CT molecular complexity index is 553. The highest BCUT2D eigenvalue weighted by Crippen LogP contribution is 2.31. The number of alkyl halides is 2. The Morgan fingerprint density at radius 2 is 2.28 bits per heavy atom. The summed E-state index contributed by atoms with van der Waals surface area (Å²) in [5.41, 5.74) is -3.67. The van der Waals surface area contributed by atoms with E-state index in [1.165, 1.54) is 6.07 Å². The van der Waals surface area contributed by atoms with Crippen LogP contribution < -0.4 is 0 Å². The Kier molecular flexibility index (Phi) is 3.83. The van der Waals surface area contributed by atoms with Crippen LogP contribution in [-0.4, -0.2) is 23.0 Å². The second-order valence-electron chi connectivity index (χ2n) is 2.94. The van der Waals surface area contributed by atoms with Crippen molar-refractivity contribution in [3.05, 3.63) is 33.1 Å². The summed E-state index contributed by atoms with van der Waals surface area (Å²) in [4.78, 5) is 23.9. The molecule has 0 aromatic carbocycles. The lowest BCUT2D eigenvalue weighted by Gasteiger charge is -2.05. The molecule has 1 aromatic rings. The quantitative estimate of drug-likeness (QED) is 0.462. The maximum Gasteiger partial charge on any atom is 0.341 e. The molecular formula is C9H5F2N3O4. The summed E-state index contributed by atoms with van der Waals surface area (Å²) < 4.78 is 29.3. The fourth-order valence-corrected chi connectivity index (χ4v) is 1.24. The Morgan fingerprint density at radius 1 is 1.67 bits per heavy atom. The lowest BCUT2D eigenvalue weighted by Crippen LogP contribution is -2.10. The number of hydrogen-bond donors (Lipinski definition) is 0. The number of nitrogens with zero attached hydrogens (tertiary/aromatic N) is 3. The van der Waals surface area contributed by atoms with Crippen LogP contribution in [0.25, 0.3) is 0 Å². The molecule has 0 N–H and O–H groups in total. The molecule has 94 valence electrons. The van der Waals surface area contributed by atoms with Crippen molar-refractivity contribution in [1.29, 1.82) is 5.26 Å². The first kappa shape index (κ1) is 13.4. The van der Waals surface area contributed by atoms with Crippen LogP contribution in [0.1, 0.15) is 28.0 Å². The lowest BCUT2D eigenvalue weighted by molar-refractivity contribution is -0.386. The molecule has 1 heterocycles. The minimum Gasteiger partial charge on any atom is -0.465 e. The van der Waals surface area contributed by atoms with Gasteiger partial charge < -0.3 is 4.74 Å². The summed E-state index contributed by atoms with van der Waals surface area (Å²) in [7, 11) is 0.982. The number of aromatic nitrogens is 1. The Morgan fingerprint density at radius 3 is 2.67 bits per heavy atom. The topological polar surface area (TPSA) is 106 Å². The van der Waals surface area contributed by atoms with Gasteiger partial charge in [-0.3, -0.25) is 10.1 Å². The molecular weight excluding hydrogens is 252 g/mol. The SMILES string of the molecule is COC(=O)c1cnc(C(F)F)c([N+](=O)[O-])c1C#N. The van der Waals surface area contributed by atoms with Gasteiger partial charge in [0.05, 0.1) is 12.0 Å². The molecule has 0 aliphatic rings. The van der Waals surface area contributed by atoms with Gasteiger partial charge in [0.15, 0.2) is 5.69 Å². The minimum absolute atomic E-state index is 0.531. The van der Waals surface area contributed by atoms with Crippen molar-refractivity contribution in [1.82, 2.24) is 4.98 Å². The van der Waals surface area contributed by atoms with Crippen LogP contribution in [0.5, 0.6) is 0 Å². The van der Waals surface area contributed by atoms with Crippen molar-refractivity contribution in [2.75, 3.05) is 7.11 Å². The molecule has 0 fully saturated rings. The standard InChI is InChI=1S/C9H5F2N3O4/c1-18-9(15)5-3-13-6(8(10)11)7(14(16)17)4(5)2-12/h3,8H,1H3. The number of hydrogen-bond acceptors (Lipinski definition) is 6. The highest BCUT2D eigenvalue weighted by molar-refractivity contribution is 5.93. The molecule has 0 saturated heterocycles. The molecule has 9 heteroatoms. The molecule has 1 rings (SSSR count). The second-order valence-corrected chi connectivity index (χ2v) is 2.94. The van der Waals surface area contributed by atoms with Crippen LogP contribution >= 0.6 is 0 Å². The van der Waals surface area contributed by atoms with Crippen LogP contribution in [0, 0.1) is 21.4 Å². The van der Waals surface area contributed by atoms with Gasteiger partial charge >= 0.3 is 11.7 Å². The summed E-state index contributed by atoms with van der Waals surface area (Å²) in [5, 5.41) is 19.5. The molecule has 0 bridgehead atoms. The van der Waals surface area contributed by atoms with Crippen LogP contribution in [0.15, 0.2) is 6.20 Å². The van der Waals surface area contributed by atoms with E-state index in [1.54, 1.807) is 0 Å². The van der Waals surface area contributed by atoms with Gasteiger partial charge in [-0.05, 0) is 0 Å². The number of pyridine rings is 1. The van der Waals surface area contributed by atoms with E-state index >= 15 is 0 Å². The van der Waals surface area contributed by atoms with Crippen molar-refractivity contribution < 1.29 is 23.2 Å². The maximum absolute atomic E-state index is 12.5. The first-order chi connectivity index (χ1) is 8.43. The zero-order valence-corrected chi connectivity index (χ0v) is 8.89. The Hall–Kier alpha value is -2.63. The average molecular weight is 257 g/mol. The first-order valence-corrected chi connectivity index (χ1v) is 4.37. The average Bonchev–Trinajstić information content (AvgIpc) is 2.35. The smallest absolute Gasteiger partial charge is 0.341 e. The maximum atomic E-state index is 12.5. The number of methoxy groups -OCH3 is 1. The third-order valence-electron chi connectivity index (χ3n) is 1.99. The van der Waals surface area contributed by atoms with Crippen molar-refractivity contribution in [2.24, 2.45) is 0 Å². The van der Waals surface area contributed by atoms with Gasteiger partial charge in [-0.15, -0.1) is 0 Å². The number of nitriles is 1. The predicted octanol–water partition coefficient (Wildman–Crippen LogP) is 1.59. The molecule has 7 nitrogen and oxygen atoms in total. The summed E-state index contributed by atoms with van der Waals surface area (Å²) in [6.07, 6.45) is -2.58. The summed E-state index contributed by atoms with van der Waals surface area (Å²) in [6.45, 7) is 0. The van der Waals surface area contributed by atoms with E-state index in [-0.39, 0.29) is 0 Å². The third-order valence-corrected chi connectivity index (χ3v) is 1.99. The van der Waals surface area contributed by atoms with E-state index < -0.39 is 39.8 Å². The summed E-state index contributed by atoms with van der Waals surface area (Å²) in [6, 6.07) is 1.34. The van der Waals surface area contributed by atoms with Crippen molar-refractivity contribution in [3.63, 3.8) is 0 Å². The molecule has 0 atom stereocenters. The molecule has 18 heavy (non-hydrogen) atoms. The third kappa shape index (κ3) is 2.22. The van der Waals surface area contributed by atoms with Gasteiger partial charge in [-0.25, -0.2) is 18.6 Å². The number of halogens is 2. The zero-order valence-electron chi connectivity index (χ0n) is 8.89. The highest BCUT2D eigenvalue weighted by Gasteiger charge is 2.32. The van der Waals surface area contributed by atoms with Gasteiger partial charge in [0.25, 0.3) is 6.43 Å². The number of ether oxygens (including phenoxy) is 1. The summed E-state index contributed by atoms with van der Waals surface area (Å²) in [5.74, 6) is -1.07. The second kappa shape index (κ2) is 5.13. The van der Waals surface area contributed by atoms with Crippen molar-refractivity contribution >= 4 is 11.7 Å². The van der Waals surface area contributed by atoms with Gasteiger partial charge in [-0.2, -0.15) is 5.26 Å². The van der Waals surface area contributed by atoms with E-state index in [0.717, 1.165) is 7.11 Å². The fourth-order valence-electron chi connectivity index (χ4n) is 1.24. The Labute approximate surface area is 98.8 Å². The van der Waals surface area contributed by atoms with Crippen LogP contribution in [-0.2, 0) is 4.74 Å². The van der Waals surface area contributed by atoms with Gasteiger partial charge in [0.2, 0.25) is 0 Å². The van der Waals surface area contributed by atoms with Gasteiger partial charge in [-0.1, -0.05) is 0 Å². The van der Waals surface area contributed by atoms with E-state index in [4.69, 9.17) is 5.26 Å². The Balaban J connectivity index is 3.65. The number of carbonyl (C=O) groups excluding carboxylic acids is 1. The molecule has 1 aromatic heterocycles. The monoisotopic (exact) mass is 257 g/mol. The van der Waals surface area contributed by atoms with Crippen LogP contribution in [0.3, 0.4) is 0 Å². The van der Waals surface area contributed by atoms with Gasteiger partial charge in [0.1, 0.15) is 17.2 Å². The molecule has 0 amide bonds.